The number of benzene rings is 11. The van der Waals surface area contributed by atoms with Gasteiger partial charge in [-0.05, 0) is 118 Å². The first kappa shape index (κ1) is 41.2. The van der Waals surface area contributed by atoms with E-state index in [9.17, 15) is 0 Å². The monoisotopic (exact) mass is 911 g/mol. The molecule has 0 fully saturated rings. The molecule has 70 heavy (non-hydrogen) atoms. The third kappa shape index (κ3) is 7.39. The Balaban J connectivity index is 1.04. The standard InChI is InChI=1S/C66H45N3S/c1-4-17-46(18-5-1)48-31-37-52(38-32-48)67(51-21-8-3-9-22-51)55-43-56(45-57(44-55)69-63-28-13-10-23-59(63)60-24-11-14-29-64(60)69)68(53-39-33-49(34-40-53)47-19-6-2-7-20-47)54-41-35-50(36-42-54)58-26-16-27-62-61-25-12-15-30-65(61)70-66(58)62/h1-45H. The van der Waals surface area contributed by atoms with E-state index in [-0.39, 0.29) is 0 Å². The predicted octanol–water partition coefficient (Wildman–Crippen LogP) is 19.1. The van der Waals surface area contributed by atoms with Crippen LogP contribution in [-0.2, 0) is 0 Å². The van der Waals surface area contributed by atoms with Crippen LogP contribution in [0, 0.1) is 0 Å². The molecule has 3 nitrogen and oxygen atoms in total. The predicted molar refractivity (Wildman–Crippen MR) is 299 cm³/mol. The molecule has 330 valence electrons. The second-order valence-electron chi connectivity index (χ2n) is 17.7. The van der Waals surface area contributed by atoms with Gasteiger partial charge in [0.05, 0.1) is 28.1 Å². The summed E-state index contributed by atoms with van der Waals surface area (Å²) >= 11 is 1.87. The topological polar surface area (TPSA) is 11.4 Å². The van der Waals surface area contributed by atoms with Crippen LogP contribution in [0.4, 0.5) is 34.1 Å². The van der Waals surface area contributed by atoms with E-state index in [2.05, 4.69) is 287 Å². The summed E-state index contributed by atoms with van der Waals surface area (Å²) in [4.78, 5) is 4.81. The summed E-state index contributed by atoms with van der Waals surface area (Å²) in [6.07, 6.45) is 0. The molecule has 2 heterocycles. The molecule has 0 aliphatic carbocycles. The minimum Gasteiger partial charge on any atom is -0.310 e. The number of para-hydroxylation sites is 3. The lowest BCUT2D eigenvalue weighted by Gasteiger charge is -2.31. The van der Waals surface area contributed by atoms with Crippen LogP contribution >= 0.6 is 11.3 Å². The second kappa shape index (κ2) is 17.6. The highest BCUT2D eigenvalue weighted by molar-refractivity contribution is 7.26. The Hall–Kier alpha value is -8.96. The quantitative estimate of drug-likeness (QED) is 0.135. The average Bonchev–Trinajstić information content (AvgIpc) is 3.99. The number of fused-ring (bicyclic) bond motifs is 6. The van der Waals surface area contributed by atoms with E-state index in [0.29, 0.717) is 0 Å². The van der Waals surface area contributed by atoms with Gasteiger partial charge in [-0.3, -0.25) is 0 Å². The zero-order valence-electron chi connectivity index (χ0n) is 38.2. The first-order valence-corrected chi connectivity index (χ1v) is 24.6. The number of rotatable bonds is 10. The SMILES string of the molecule is c1ccc(-c2ccc(N(c3ccccc3)c3cc(N(c4ccc(-c5ccccc5)cc4)c4ccc(-c5cccc6c5sc5ccccc56)cc4)cc(-n4c5ccccc5c5ccccc54)c3)cc2)cc1. The minimum absolute atomic E-state index is 1.03. The van der Waals surface area contributed by atoms with E-state index >= 15 is 0 Å². The first-order valence-electron chi connectivity index (χ1n) is 23.8. The van der Waals surface area contributed by atoms with Crippen molar-refractivity contribution in [1.82, 2.24) is 4.57 Å². The molecular formula is C66H45N3S. The molecule has 0 aliphatic heterocycles. The van der Waals surface area contributed by atoms with Crippen molar-refractivity contribution in [2.75, 3.05) is 9.80 Å². The Bertz CT molecular complexity index is 3920. The van der Waals surface area contributed by atoms with Crippen LogP contribution in [0.5, 0.6) is 0 Å². The molecule has 0 amide bonds. The highest BCUT2D eigenvalue weighted by Gasteiger charge is 2.22. The molecule has 0 unspecified atom stereocenters. The van der Waals surface area contributed by atoms with E-state index in [1.807, 2.05) is 11.3 Å². The van der Waals surface area contributed by atoms with Gasteiger partial charge in [0.25, 0.3) is 0 Å². The van der Waals surface area contributed by atoms with E-state index < -0.39 is 0 Å². The molecule has 0 aliphatic rings. The molecule has 2 aromatic heterocycles. The lowest BCUT2D eigenvalue weighted by atomic mass is 10.0. The van der Waals surface area contributed by atoms with Crippen molar-refractivity contribution in [2.45, 2.75) is 0 Å². The molecule has 0 saturated heterocycles. The van der Waals surface area contributed by atoms with Gasteiger partial charge in [-0.1, -0.05) is 188 Å². The Morgan fingerprint density at radius 1 is 0.271 bits per heavy atom. The molecule has 0 radical (unpaired) electrons. The third-order valence-electron chi connectivity index (χ3n) is 13.6. The van der Waals surface area contributed by atoms with Crippen molar-refractivity contribution < 1.29 is 0 Å². The van der Waals surface area contributed by atoms with Crippen LogP contribution in [0.25, 0.3) is 81.0 Å². The molecule has 13 aromatic rings. The van der Waals surface area contributed by atoms with E-state index in [0.717, 1.165) is 50.8 Å². The smallest absolute Gasteiger partial charge is 0.0541 e. The van der Waals surface area contributed by atoms with Crippen molar-refractivity contribution in [3.8, 4) is 39.1 Å². The number of hydrogen-bond donors (Lipinski definition) is 0. The zero-order chi connectivity index (χ0) is 46.4. The zero-order valence-corrected chi connectivity index (χ0v) is 39.0. The van der Waals surface area contributed by atoms with Crippen LogP contribution in [-0.4, -0.2) is 4.57 Å². The maximum Gasteiger partial charge on any atom is 0.0541 e. The molecule has 4 heteroatoms. The Kier molecular flexibility index (Phi) is 10.4. The average molecular weight is 912 g/mol. The lowest BCUT2D eigenvalue weighted by molar-refractivity contribution is 1.16. The Morgan fingerprint density at radius 3 is 1.20 bits per heavy atom. The number of thiophene rings is 1. The molecule has 11 aromatic carbocycles. The molecule has 0 atom stereocenters. The summed E-state index contributed by atoms with van der Waals surface area (Å²) < 4.78 is 5.05. The van der Waals surface area contributed by atoms with Gasteiger partial charge < -0.3 is 14.4 Å². The highest BCUT2D eigenvalue weighted by atomic mass is 32.1. The molecule has 0 spiro atoms. The molecule has 0 bridgehead atoms. The molecule has 0 N–H and O–H groups in total. The second-order valence-corrected chi connectivity index (χ2v) is 18.8. The largest absolute Gasteiger partial charge is 0.310 e. The van der Waals surface area contributed by atoms with Crippen LogP contribution < -0.4 is 9.80 Å². The number of aromatic nitrogens is 1. The maximum atomic E-state index is 2.44. The fourth-order valence-corrected chi connectivity index (χ4v) is 11.5. The summed E-state index contributed by atoms with van der Waals surface area (Å²) in [5.41, 5.74) is 16.8. The molecule has 0 saturated carbocycles. The van der Waals surface area contributed by atoms with Gasteiger partial charge in [0.2, 0.25) is 0 Å². The van der Waals surface area contributed by atoms with Crippen molar-refractivity contribution in [3.05, 3.63) is 273 Å². The van der Waals surface area contributed by atoms with Crippen molar-refractivity contribution in [3.63, 3.8) is 0 Å². The normalized spacial score (nSPS) is 11.4. The van der Waals surface area contributed by atoms with E-state index in [4.69, 9.17) is 0 Å². The van der Waals surface area contributed by atoms with Gasteiger partial charge in [0, 0.05) is 53.7 Å². The highest BCUT2D eigenvalue weighted by Crippen LogP contribution is 2.46. The number of nitrogens with zero attached hydrogens (tertiary/aromatic N) is 3. The van der Waals surface area contributed by atoms with Crippen LogP contribution in [0.15, 0.2) is 273 Å². The fraction of sp³-hybridized carbons (Fsp3) is 0. The van der Waals surface area contributed by atoms with Gasteiger partial charge in [-0.15, -0.1) is 11.3 Å². The molecule has 13 rings (SSSR count). The van der Waals surface area contributed by atoms with Crippen molar-refractivity contribution in [2.24, 2.45) is 0 Å². The van der Waals surface area contributed by atoms with Gasteiger partial charge in [-0.25, -0.2) is 0 Å². The van der Waals surface area contributed by atoms with Crippen LogP contribution in [0.2, 0.25) is 0 Å². The summed E-state index contributed by atoms with van der Waals surface area (Å²) in [6, 6.07) is 99.2. The fourth-order valence-electron chi connectivity index (χ4n) is 10.3. The van der Waals surface area contributed by atoms with Gasteiger partial charge in [-0.2, -0.15) is 0 Å². The summed E-state index contributed by atoms with van der Waals surface area (Å²) in [6.45, 7) is 0. The maximum absolute atomic E-state index is 2.44. The summed E-state index contributed by atoms with van der Waals surface area (Å²) in [5, 5.41) is 5.05. The van der Waals surface area contributed by atoms with Gasteiger partial charge in [0.1, 0.15) is 0 Å². The van der Waals surface area contributed by atoms with Gasteiger partial charge >= 0.3 is 0 Å². The summed E-state index contributed by atoms with van der Waals surface area (Å²) in [7, 11) is 0. The van der Waals surface area contributed by atoms with Gasteiger partial charge in [0.15, 0.2) is 0 Å². The van der Waals surface area contributed by atoms with E-state index in [1.165, 1.54) is 64.3 Å². The number of hydrogen-bond acceptors (Lipinski definition) is 3. The summed E-state index contributed by atoms with van der Waals surface area (Å²) in [5.74, 6) is 0. The Morgan fingerprint density at radius 2 is 0.671 bits per heavy atom. The molecular weight excluding hydrogens is 867 g/mol. The van der Waals surface area contributed by atoms with Crippen LogP contribution in [0.1, 0.15) is 0 Å². The third-order valence-corrected chi connectivity index (χ3v) is 14.8. The van der Waals surface area contributed by atoms with Crippen molar-refractivity contribution >= 4 is 87.4 Å². The minimum atomic E-state index is 1.03. The lowest BCUT2D eigenvalue weighted by Crippen LogP contribution is -2.14. The van der Waals surface area contributed by atoms with Crippen molar-refractivity contribution in [1.29, 1.82) is 0 Å². The first-order chi connectivity index (χ1) is 34.7. The van der Waals surface area contributed by atoms with Crippen LogP contribution in [0.3, 0.4) is 0 Å². The number of anilines is 6. The Labute approximate surface area is 411 Å². The van der Waals surface area contributed by atoms with E-state index in [1.54, 1.807) is 0 Å².